The van der Waals surface area contributed by atoms with E-state index in [0.29, 0.717) is 19.1 Å². The van der Waals surface area contributed by atoms with Crippen LogP contribution < -0.4 is 5.32 Å². The molecule has 4 heteroatoms. The first-order valence-corrected chi connectivity index (χ1v) is 5.15. The number of nitrogens with one attached hydrogen (secondary N) is 1. The van der Waals surface area contributed by atoms with Gasteiger partial charge in [0, 0.05) is 12.5 Å². The van der Waals surface area contributed by atoms with Crippen molar-refractivity contribution in [3.05, 3.63) is 0 Å². The van der Waals surface area contributed by atoms with Crippen LogP contribution in [0.25, 0.3) is 0 Å². The summed E-state index contributed by atoms with van der Waals surface area (Å²) in [6, 6.07) is -0.445. The molecule has 2 atom stereocenters. The van der Waals surface area contributed by atoms with Crippen molar-refractivity contribution in [1.82, 2.24) is 5.32 Å². The largest absolute Gasteiger partial charge is 0.480 e. The summed E-state index contributed by atoms with van der Waals surface area (Å²) < 4.78 is 5.19. The summed E-state index contributed by atoms with van der Waals surface area (Å²) in [6.07, 6.45) is 0.849. The molecule has 4 nitrogen and oxygen atoms in total. The molecular weight excluding hydrogens is 182 g/mol. The van der Waals surface area contributed by atoms with Crippen molar-refractivity contribution >= 4 is 5.97 Å². The van der Waals surface area contributed by atoms with Crippen molar-refractivity contribution in [2.45, 2.75) is 26.3 Å². The second-order valence-corrected chi connectivity index (χ2v) is 4.24. The topological polar surface area (TPSA) is 58.6 Å². The number of carbonyl (C=O) groups is 1. The molecule has 0 spiro atoms. The molecule has 0 saturated carbocycles. The van der Waals surface area contributed by atoms with Gasteiger partial charge in [-0.2, -0.15) is 0 Å². The van der Waals surface area contributed by atoms with Crippen LogP contribution in [0.15, 0.2) is 0 Å². The highest BCUT2D eigenvalue weighted by Gasteiger charge is 2.30. The van der Waals surface area contributed by atoms with Crippen LogP contribution in [0, 0.1) is 11.8 Å². The van der Waals surface area contributed by atoms with Crippen molar-refractivity contribution in [2.24, 2.45) is 11.8 Å². The second kappa shape index (κ2) is 5.32. The Morgan fingerprint density at radius 1 is 1.64 bits per heavy atom. The van der Waals surface area contributed by atoms with E-state index in [1.54, 1.807) is 0 Å². The molecule has 1 heterocycles. The molecule has 1 aliphatic heterocycles. The van der Waals surface area contributed by atoms with Gasteiger partial charge in [-0.25, -0.2) is 0 Å². The summed E-state index contributed by atoms with van der Waals surface area (Å²) in [5.74, 6) is -0.161. The van der Waals surface area contributed by atoms with Crippen molar-refractivity contribution in [3.8, 4) is 0 Å². The molecule has 14 heavy (non-hydrogen) atoms. The Morgan fingerprint density at radius 3 is 2.79 bits per heavy atom. The van der Waals surface area contributed by atoms with E-state index in [-0.39, 0.29) is 5.92 Å². The predicted octanol–water partition coefficient (Wildman–Crippen LogP) is 0.722. The smallest absolute Gasteiger partial charge is 0.321 e. The number of carboxylic acid groups (broad SMARTS) is 1. The van der Waals surface area contributed by atoms with Gasteiger partial charge in [0.05, 0.1) is 6.61 Å². The first kappa shape index (κ1) is 11.5. The molecule has 1 saturated heterocycles. The fourth-order valence-corrected chi connectivity index (χ4v) is 1.63. The van der Waals surface area contributed by atoms with Gasteiger partial charge in [0.1, 0.15) is 6.04 Å². The van der Waals surface area contributed by atoms with Crippen LogP contribution in [-0.2, 0) is 9.53 Å². The minimum absolute atomic E-state index is 0.131. The van der Waals surface area contributed by atoms with E-state index >= 15 is 0 Å². The number of rotatable bonds is 5. The minimum atomic E-state index is -0.763. The zero-order valence-corrected chi connectivity index (χ0v) is 8.82. The zero-order chi connectivity index (χ0) is 10.6. The van der Waals surface area contributed by atoms with Gasteiger partial charge in [0.2, 0.25) is 0 Å². The van der Waals surface area contributed by atoms with Crippen LogP contribution in [0.1, 0.15) is 20.3 Å². The third-order valence-electron chi connectivity index (χ3n) is 2.45. The first-order chi connectivity index (χ1) is 6.61. The van der Waals surface area contributed by atoms with Gasteiger partial charge in [-0.05, 0) is 18.9 Å². The van der Waals surface area contributed by atoms with Gasteiger partial charge < -0.3 is 15.2 Å². The summed E-state index contributed by atoms with van der Waals surface area (Å²) in [7, 11) is 0. The molecule has 0 radical (unpaired) electrons. The Hall–Kier alpha value is -0.610. The van der Waals surface area contributed by atoms with Crippen LogP contribution in [0.4, 0.5) is 0 Å². The molecule has 0 amide bonds. The van der Waals surface area contributed by atoms with Crippen LogP contribution in [0.2, 0.25) is 0 Å². The van der Waals surface area contributed by atoms with Gasteiger partial charge in [0.15, 0.2) is 0 Å². The van der Waals surface area contributed by atoms with Crippen molar-refractivity contribution in [1.29, 1.82) is 0 Å². The Kier molecular flexibility index (Phi) is 4.35. The highest BCUT2D eigenvalue weighted by atomic mass is 16.5. The Bertz CT molecular complexity index is 188. The molecule has 0 aromatic carbocycles. The summed E-state index contributed by atoms with van der Waals surface area (Å²) in [5.41, 5.74) is 0. The Balaban J connectivity index is 2.42. The van der Waals surface area contributed by atoms with Gasteiger partial charge in [-0.1, -0.05) is 13.8 Å². The maximum Gasteiger partial charge on any atom is 0.321 e. The SMILES string of the molecule is CC(C)CNC(C(=O)O)C1CCOC1. The average Bonchev–Trinajstić information content (AvgIpc) is 2.56. The molecule has 1 rings (SSSR count). The highest BCUT2D eigenvalue weighted by Crippen LogP contribution is 2.17. The lowest BCUT2D eigenvalue weighted by atomic mass is 9.98. The number of carboxylic acids is 1. The zero-order valence-electron chi connectivity index (χ0n) is 8.82. The molecule has 0 aromatic heterocycles. The Morgan fingerprint density at radius 2 is 2.36 bits per heavy atom. The lowest BCUT2D eigenvalue weighted by Crippen LogP contribution is -2.44. The summed E-state index contributed by atoms with van der Waals surface area (Å²) in [5, 5.41) is 12.1. The Labute approximate surface area is 84.6 Å². The average molecular weight is 201 g/mol. The van der Waals surface area contributed by atoms with Gasteiger partial charge in [-0.3, -0.25) is 4.79 Å². The third-order valence-corrected chi connectivity index (χ3v) is 2.45. The maximum atomic E-state index is 11.0. The number of ether oxygens (including phenoxy) is 1. The maximum absolute atomic E-state index is 11.0. The van der Waals surface area contributed by atoms with E-state index in [2.05, 4.69) is 19.2 Å². The second-order valence-electron chi connectivity index (χ2n) is 4.24. The molecule has 82 valence electrons. The predicted molar refractivity (Wildman–Crippen MR) is 53.2 cm³/mol. The quantitative estimate of drug-likeness (QED) is 0.688. The van der Waals surface area contributed by atoms with E-state index in [1.807, 2.05) is 0 Å². The molecular formula is C10H19NO3. The van der Waals surface area contributed by atoms with Crippen LogP contribution >= 0.6 is 0 Å². The van der Waals surface area contributed by atoms with E-state index < -0.39 is 12.0 Å². The monoisotopic (exact) mass is 201 g/mol. The van der Waals surface area contributed by atoms with Crippen molar-refractivity contribution in [2.75, 3.05) is 19.8 Å². The van der Waals surface area contributed by atoms with Crippen LogP contribution in [0.3, 0.4) is 0 Å². The summed E-state index contributed by atoms with van der Waals surface area (Å²) >= 11 is 0. The molecule has 1 aliphatic rings. The standard InChI is InChI=1S/C10H19NO3/c1-7(2)5-11-9(10(12)13)8-3-4-14-6-8/h7-9,11H,3-6H2,1-2H3,(H,12,13). The van der Waals surface area contributed by atoms with Crippen LogP contribution in [0.5, 0.6) is 0 Å². The fourth-order valence-electron chi connectivity index (χ4n) is 1.63. The summed E-state index contributed by atoms with van der Waals surface area (Å²) in [6.45, 7) is 6.14. The molecule has 2 N–H and O–H groups in total. The fraction of sp³-hybridized carbons (Fsp3) is 0.900. The van der Waals surface area contributed by atoms with E-state index in [4.69, 9.17) is 9.84 Å². The summed E-state index contributed by atoms with van der Waals surface area (Å²) in [4.78, 5) is 11.0. The molecule has 0 bridgehead atoms. The minimum Gasteiger partial charge on any atom is -0.480 e. The van der Waals surface area contributed by atoms with Gasteiger partial charge in [0.25, 0.3) is 0 Å². The van der Waals surface area contributed by atoms with Gasteiger partial charge in [-0.15, -0.1) is 0 Å². The number of hydrogen-bond acceptors (Lipinski definition) is 3. The van der Waals surface area contributed by atoms with E-state index in [0.717, 1.165) is 13.0 Å². The first-order valence-electron chi connectivity index (χ1n) is 5.15. The molecule has 2 unspecified atom stereocenters. The highest BCUT2D eigenvalue weighted by molar-refractivity contribution is 5.73. The van der Waals surface area contributed by atoms with E-state index in [1.165, 1.54) is 0 Å². The number of aliphatic carboxylic acids is 1. The van der Waals surface area contributed by atoms with Gasteiger partial charge >= 0.3 is 5.97 Å². The lowest BCUT2D eigenvalue weighted by molar-refractivity contribution is -0.141. The normalized spacial score (nSPS) is 24.1. The van der Waals surface area contributed by atoms with Crippen molar-refractivity contribution < 1.29 is 14.6 Å². The lowest BCUT2D eigenvalue weighted by Gasteiger charge is -2.20. The van der Waals surface area contributed by atoms with E-state index in [9.17, 15) is 4.79 Å². The van der Waals surface area contributed by atoms with Crippen LogP contribution in [-0.4, -0.2) is 36.9 Å². The molecule has 1 fully saturated rings. The van der Waals surface area contributed by atoms with Crippen molar-refractivity contribution in [3.63, 3.8) is 0 Å². The number of hydrogen-bond donors (Lipinski definition) is 2. The molecule has 0 aliphatic carbocycles. The third kappa shape index (κ3) is 3.27. The molecule has 0 aromatic rings.